The van der Waals surface area contributed by atoms with Crippen LogP contribution in [0.15, 0.2) is 30.3 Å². The van der Waals surface area contributed by atoms with Crippen molar-refractivity contribution < 1.29 is 4.74 Å². The summed E-state index contributed by atoms with van der Waals surface area (Å²) in [4.78, 5) is 2.34. The largest absolute Gasteiger partial charge is 0.383 e. The second kappa shape index (κ2) is 7.25. The van der Waals surface area contributed by atoms with E-state index in [2.05, 4.69) is 36.1 Å². The van der Waals surface area contributed by atoms with Crippen LogP contribution in [-0.2, 0) is 4.74 Å². The quantitative estimate of drug-likeness (QED) is 0.765. The number of ether oxygens (including phenoxy) is 1. The number of hydrogen-bond acceptors (Lipinski definition) is 3. The number of hydrogen-bond donors (Lipinski definition) is 1. The van der Waals surface area contributed by atoms with E-state index in [0.29, 0.717) is 6.04 Å². The van der Waals surface area contributed by atoms with Gasteiger partial charge >= 0.3 is 0 Å². The molecule has 0 aliphatic heterocycles. The Morgan fingerprint density at radius 3 is 2.56 bits per heavy atom. The molecule has 0 aromatic heterocycles. The molecule has 0 heterocycles. The summed E-state index contributed by atoms with van der Waals surface area (Å²) in [6, 6.07) is 10.8. The molecule has 0 aliphatic rings. The Hall–Kier alpha value is -1.06. The number of rotatable bonds is 7. The first-order chi connectivity index (χ1) is 7.79. The summed E-state index contributed by atoms with van der Waals surface area (Å²) >= 11 is 0. The molecular weight excluding hydrogens is 200 g/mol. The van der Waals surface area contributed by atoms with Crippen LogP contribution in [0.5, 0.6) is 0 Å². The van der Waals surface area contributed by atoms with E-state index in [9.17, 15) is 0 Å². The zero-order chi connectivity index (χ0) is 11.8. The van der Waals surface area contributed by atoms with Crippen LogP contribution in [-0.4, -0.2) is 32.8 Å². The SMILES string of the molecule is COCC(C)N(CCCN)c1ccccc1. The van der Waals surface area contributed by atoms with Gasteiger partial charge in [0.1, 0.15) is 0 Å². The van der Waals surface area contributed by atoms with Gasteiger partial charge in [0, 0.05) is 25.4 Å². The summed E-state index contributed by atoms with van der Waals surface area (Å²) < 4.78 is 5.21. The molecule has 0 spiro atoms. The molecule has 0 bridgehead atoms. The Bertz CT molecular complexity index is 277. The molecule has 0 aliphatic carbocycles. The fourth-order valence-corrected chi connectivity index (χ4v) is 1.82. The lowest BCUT2D eigenvalue weighted by molar-refractivity contribution is 0.181. The van der Waals surface area contributed by atoms with Crippen LogP contribution in [0.3, 0.4) is 0 Å². The highest BCUT2D eigenvalue weighted by molar-refractivity contribution is 5.46. The third-order valence-corrected chi connectivity index (χ3v) is 2.63. The molecule has 16 heavy (non-hydrogen) atoms. The Morgan fingerprint density at radius 1 is 1.31 bits per heavy atom. The first-order valence-electron chi connectivity index (χ1n) is 5.80. The van der Waals surface area contributed by atoms with E-state index >= 15 is 0 Å². The maximum absolute atomic E-state index is 5.57. The number of nitrogens with two attached hydrogens (primary N) is 1. The fraction of sp³-hybridized carbons (Fsp3) is 0.538. The van der Waals surface area contributed by atoms with Crippen LogP contribution in [0.1, 0.15) is 13.3 Å². The lowest BCUT2D eigenvalue weighted by atomic mass is 10.2. The fourth-order valence-electron chi connectivity index (χ4n) is 1.82. The Kier molecular flexibility index (Phi) is 5.90. The van der Waals surface area contributed by atoms with Crippen molar-refractivity contribution in [3.8, 4) is 0 Å². The first-order valence-corrected chi connectivity index (χ1v) is 5.80. The zero-order valence-electron chi connectivity index (χ0n) is 10.2. The number of anilines is 1. The molecule has 0 saturated heterocycles. The first kappa shape index (κ1) is 13.0. The predicted octanol–water partition coefficient (Wildman–Crippen LogP) is 1.88. The second-order valence-corrected chi connectivity index (χ2v) is 3.98. The molecule has 1 rings (SSSR count). The number of nitrogens with zero attached hydrogens (tertiary/aromatic N) is 1. The molecule has 0 saturated carbocycles. The lowest BCUT2D eigenvalue weighted by Crippen LogP contribution is -2.37. The van der Waals surface area contributed by atoms with Gasteiger partial charge in [-0.1, -0.05) is 18.2 Å². The molecule has 1 unspecified atom stereocenters. The highest BCUT2D eigenvalue weighted by atomic mass is 16.5. The minimum atomic E-state index is 0.374. The second-order valence-electron chi connectivity index (χ2n) is 3.98. The molecule has 90 valence electrons. The van der Waals surface area contributed by atoms with Gasteiger partial charge in [0.25, 0.3) is 0 Å². The predicted molar refractivity (Wildman–Crippen MR) is 68.8 cm³/mol. The van der Waals surface area contributed by atoms with Crippen molar-refractivity contribution in [2.24, 2.45) is 5.73 Å². The molecule has 1 aromatic rings. The lowest BCUT2D eigenvalue weighted by Gasteiger charge is -2.31. The van der Waals surface area contributed by atoms with E-state index in [-0.39, 0.29) is 0 Å². The van der Waals surface area contributed by atoms with E-state index in [1.54, 1.807) is 7.11 Å². The van der Waals surface area contributed by atoms with Crippen LogP contribution in [0.4, 0.5) is 5.69 Å². The van der Waals surface area contributed by atoms with Crippen LogP contribution in [0.25, 0.3) is 0 Å². The van der Waals surface area contributed by atoms with Gasteiger partial charge in [-0.2, -0.15) is 0 Å². The monoisotopic (exact) mass is 222 g/mol. The molecule has 0 amide bonds. The minimum Gasteiger partial charge on any atom is -0.383 e. The molecule has 2 N–H and O–H groups in total. The van der Waals surface area contributed by atoms with Gasteiger partial charge in [0.15, 0.2) is 0 Å². The third-order valence-electron chi connectivity index (χ3n) is 2.63. The topological polar surface area (TPSA) is 38.5 Å². The highest BCUT2D eigenvalue weighted by Crippen LogP contribution is 2.16. The van der Waals surface area contributed by atoms with E-state index < -0.39 is 0 Å². The van der Waals surface area contributed by atoms with Crippen molar-refractivity contribution in [2.75, 3.05) is 31.7 Å². The van der Waals surface area contributed by atoms with Gasteiger partial charge in [0.05, 0.1) is 6.61 Å². The molecule has 3 nitrogen and oxygen atoms in total. The molecule has 3 heteroatoms. The summed E-state index contributed by atoms with van der Waals surface area (Å²) in [7, 11) is 1.74. The van der Waals surface area contributed by atoms with E-state index in [1.807, 2.05) is 6.07 Å². The van der Waals surface area contributed by atoms with E-state index in [0.717, 1.165) is 26.1 Å². The zero-order valence-corrected chi connectivity index (χ0v) is 10.2. The maximum atomic E-state index is 5.57. The molecule has 0 fully saturated rings. The van der Waals surface area contributed by atoms with Crippen LogP contribution >= 0.6 is 0 Å². The van der Waals surface area contributed by atoms with Gasteiger partial charge in [-0.15, -0.1) is 0 Å². The standard InChI is InChI=1S/C13H22N2O/c1-12(11-16-2)15(10-6-9-14)13-7-4-3-5-8-13/h3-5,7-8,12H,6,9-11,14H2,1-2H3. The normalized spacial score (nSPS) is 12.4. The molecule has 0 radical (unpaired) electrons. The average Bonchev–Trinajstić information content (AvgIpc) is 2.31. The molecule has 1 atom stereocenters. The summed E-state index contributed by atoms with van der Waals surface area (Å²) in [6.07, 6.45) is 1.00. The van der Waals surface area contributed by atoms with Crippen LogP contribution in [0.2, 0.25) is 0 Å². The number of para-hydroxylation sites is 1. The Morgan fingerprint density at radius 2 is 2.00 bits per heavy atom. The van der Waals surface area contributed by atoms with Crippen molar-refractivity contribution in [3.05, 3.63) is 30.3 Å². The third kappa shape index (κ3) is 3.83. The van der Waals surface area contributed by atoms with E-state index in [1.165, 1.54) is 5.69 Å². The summed E-state index contributed by atoms with van der Waals surface area (Å²) in [5, 5.41) is 0. The highest BCUT2D eigenvalue weighted by Gasteiger charge is 2.13. The Labute approximate surface area is 98.2 Å². The molecular formula is C13H22N2O. The summed E-state index contributed by atoms with van der Waals surface area (Å²) in [6.45, 7) is 4.61. The van der Waals surface area contributed by atoms with Crippen molar-refractivity contribution in [1.29, 1.82) is 0 Å². The van der Waals surface area contributed by atoms with Crippen molar-refractivity contribution in [1.82, 2.24) is 0 Å². The van der Waals surface area contributed by atoms with Crippen LogP contribution in [0, 0.1) is 0 Å². The number of methoxy groups -OCH3 is 1. The average molecular weight is 222 g/mol. The van der Waals surface area contributed by atoms with Gasteiger partial charge in [0.2, 0.25) is 0 Å². The van der Waals surface area contributed by atoms with Gasteiger partial charge in [-0.3, -0.25) is 0 Å². The summed E-state index contributed by atoms with van der Waals surface area (Å²) in [5.41, 5.74) is 6.81. The van der Waals surface area contributed by atoms with Gasteiger partial charge < -0.3 is 15.4 Å². The van der Waals surface area contributed by atoms with Crippen molar-refractivity contribution in [2.45, 2.75) is 19.4 Å². The van der Waals surface area contributed by atoms with Crippen molar-refractivity contribution in [3.63, 3.8) is 0 Å². The maximum Gasteiger partial charge on any atom is 0.0663 e. The minimum absolute atomic E-state index is 0.374. The molecule has 1 aromatic carbocycles. The van der Waals surface area contributed by atoms with Gasteiger partial charge in [-0.25, -0.2) is 0 Å². The Balaban J connectivity index is 2.70. The van der Waals surface area contributed by atoms with Crippen LogP contribution < -0.4 is 10.6 Å². The number of benzene rings is 1. The van der Waals surface area contributed by atoms with E-state index in [4.69, 9.17) is 10.5 Å². The van der Waals surface area contributed by atoms with Gasteiger partial charge in [-0.05, 0) is 32.0 Å². The smallest absolute Gasteiger partial charge is 0.0663 e. The van der Waals surface area contributed by atoms with Crippen molar-refractivity contribution >= 4 is 5.69 Å². The summed E-state index contributed by atoms with van der Waals surface area (Å²) in [5.74, 6) is 0.